The van der Waals surface area contributed by atoms with Gasteiger partial charge in [-0.2, -0.15) is 0 Å². The molecule has 3 heteroatoms. The second-order valence-electron chi connectivity index (χ2n) is 0.985. The number of halogens is 1. The smallest absolute Gasteiger partial charge is 0.138 e. The molecule has 0 fully saturated rings. The summed E-state index contributed by atoms with van der Waals surface area (Å²) in [5.74, 6) is 0. The Morgan fingerprint density at radius 1 is 1.83 bits per heavy atom. The van der Waals surface area contributed by atoms with Crippen LogP contribution in [-0.4, -0.2) is 11.1 Å². The van der Waals surface area contributed by atoms with Gasteiger partial charge < -0.3 is 5.32 Å². The van der Waals surface area contributed by atoms with E-state index in [1.165, 1.54) is 0 Å². The monoisotopic (exact) mass is 201 g/mol. The van der Waals surface area contributed by atoms with Crippen molar-refractivity contribution in [3.05, 3.63) is 0 Å². The van der Waals surface area contributed by atoms with E-state index in [2.05, 4.69) is 12.2 Å². The van der Waals surface area contributed by atoms with Crippen LogP contribution in [0.2, 0.25) is 0 Å². The van der Waals surface area contributed by atoms with Gasteiger partial charge in [-0.05, 0) is 6.92 Å². The van der Waals surface area contributed by atoms with Crippen molar-refractivity contribution < 1.29 is 5.32 Å². The summed E-state index contributed by atoms with van der Waals surface area (Å²) >= 11 is -0.205. The molecule has 0 aromatic heterocycles. The minimum Gasteiger partial charge on any atom is -0.338 e. The maximum atomic E-state index is 6.78. The molecule has 0 spiro atoms. The lowest BCUT2D eigenvalue weighted by Gasteiger charge is -1.83. The highest BCUT2D eigenvalue weighted by Crippen LogP contribution is 1.79. The molecule has 0 saturated carbocycles. The van der Waals surface area contributed by atoms with Gasteiger partial charge >= 0.3 is 0 Å². The molecule has 0 saturated heterocycles. The lowest BCUT2D eigenvalue weighted by molar-refractivity contribution is -0.628. The summed E-state index contributed by atoms with van der Waals surface area (Å²) < 4.78 is 7.85. The summed E-state index contributed by atoms with van der Waals surface area (Å²) in [6.45, 7) is 3.25. The zero-order valence-electron chi connectivity index (χ0n) is 3.87. The number of nitrogens with one attached hydrogen (secondary N) is 1. The van der Waals surface area contributed by atoms with Gasteiger partial charge in [0.1, 0.15) is 4.55 Å². The third-order valence-corrected chi connectivity index (χ3v) is 1.54. The number of hydrogen-bond donors (Lipinski definition) is 2. The molecular weight excluding hydrogens is 191 g/mol. The van der Waals surface area contributed by atoms with Crippen LogP contribution in [0, 0.1) is 3.56 Å². The van der Waals surface area contributed by atoms with E-state index in [4.69, 9.17) is 3.56 Å². The van der Waals surface area contributed by atoms with Gasteiger partial charge in [0, 0.05) is 21.0 Å². The molecule has 38 valence electrons. The molecule has 3 N–H and O–H groups in total. The van der Waals surface area contributed by atoms with Gasteiger partial charge in [0.15, 0.2) is 0 Å². The predicted octanol–water partition coefficient (Wildman–Crippen LogP) is 0.260. The first kappa shape index (κ1) is 6.49. The predicted molar refractivity (Wildman–Crippen MR) is 34.1 cm³/mol. The summed E-state index contributed by atoms with van der Waals surface area (Å²) in [5.41, 5.74) is 0. The third kappa shape index (κ3) is 4.49. The van der Waals surface area contributed by atoms with Crippen molar-refractivity contribution in [3.63, 3.8) is 0 Å². The highest BCUT2D eigenvalue weighted by molar-refractivity contribution is 14.1. The fourth-order valence-electron chi connectivity index (χ4n) is 0.164. The SMILES string of the molecule is CC[NH2+]CI=N. The van der Waals surface area contributed by atoms with Gasteiger partial charge in [-0.25, -0.2) is 0 Å². The Morgan fingerprint density at radius 3 is 2.67 bits per heavy atom. The number of rotatable bonds is 3. The second-order valence-corrected chi connectivity index (χ2v) is 2.63. The van der Waals surface area contributed by atoms with Gasteiger partial charge in [-0.3, -0.25) is 3.56 Å². The van der Waals surface area contributed by atoms with Crippen LogP contribution in [0.3, 0.4) is 0 Å². The Labute approximate surface area is 48.3 Å². The summed E-state index contributed by atoms with van der Waals surface area (Å²) in [6.07, 6.45) is 0. The molecule has 0 aliphatic rings. The van der Waals surface area contributed by atoms with Crippen LogP contribution in [0.4, 0.5) is 0 Å². The molecule has 0 bridgehead atoms. The van der Waals surface area contributed by atoms with E-state index in [1.807, 2.05) is 0 Å². The summed E-state index contributed by atoms with van der Waals surface area (Å²) in [5, 5.41) is 2.17. The van der Waals surface area contributed by atoms with Crippen LogP contribution in [0.1, 0.15) is 6.92 Å². The number of quaternary nitrogens is 1. The van der Waals surface area contributed by atoms with Crippen molar-refractivity contribution in [3.8, 4) is 0 Å². The Hall–Kier alpha value is 0.490. The van der Waals surface area contributed by atoms with Crippen LogP contribution >= 0.6 is 21.0 Å². The van der Waals surface area contributed by atoms with E-state index < -0.39 is 0 Å². The molecule has 0 aromatic carbocycles. The van der Waals surface area contributed by atoms with Gasteiger partial charge in [-0.1, -0.05) is 0 Å². The molecule has 0 amide bonds. The molecule has 0 heterocycles. The highest BCUT2D eigenvalue weighted by Gasteiger charge is 1.73. The minimum atomic E-state index is -0.205. The average Bonchev–Trinajstić information content (AvgIpc) is 1.61. The fraction of sp³-hybridized carbons (Fsp3) is 1.00. The van der Waals surface area contributed by atoms with E-state index in [-0.39, 0.29) is 21.0 Å². The zero-order valence-corrected chi connectivity index (χ0v) is 6.03. The second kappa shape index (κ2) is 5.49. The van der Waals surface area contributed by atoms with Crippen molar-refractivity contribution >= 4 is 21.0 Å². The van der Waals surface area contributed by atoms with Crippen LogP contribution in [0.25, 0.3) is 0 Å². The summed E-state index contributed by atoms with van der Waals surface area (Å²) in [6, 6.07) is 0. The molecule has 0 aliphatic carbocycles. The fourth-order valence-corrected chi connectivity index (χ4v) is 1.10. The lowest BCUT2D eigenvalue weighted by atomic mass is 10.8. The maximum Gasteiger partial charge on any atom is 0.138 e. The largest absolute Gasteiger partial charge is 0.338 e. The Kier molecular flexibility index (Phi) is 5.94. The molecule has 0 aromatic rings. The van der Waals surface area contributed by atoms with Gasteiger partial charge in [0.2, 0.25) is 0 Å². The van der Waals surface area contributed by atoms with Crippen molar-refractivity contribution in [1.29, 1.82) is 3.56 Å². The Balaban J connectivity index is 2.49. The maximum absolute atomic E-state index is 6.78. The van der Waals surface area contributed by atoms with Gasteiger partial charge in [-0.15, -0.1) is 0 Å². The Morgan fingerprint density at radius 2 is 2.50 bits per heavy atom. The highest BCUT2D eigenvalue weighted by atomic mass is 127. The molecule has 0 atom stereocenters. The number of hydrogen-bond acceptors (Lipinski definition) is 1. The van der Waals surface area contributed by atoms with Crippen LogP contribution in [0.5, 0.6) is 0 Å². The van der Waals surface area contributed by atoms with Crippen molar-refractivity contribution in [2.75, 3.05) is 11.1 Å². The summed E-state index contributed by atoms with van der Waals surface area (Å²) in [7, 11) is 0. The number of nitrogens with two attached hydrogens (primary N) is 1. The molecule has 6 heavy (non-hydrogen) atoms. The Bertz CT molecular complexity index is 37.8. The van der Waals surface area contributed by atoms with Crippen LogP contribution in [0.15, 0.2) is 0 Å². The molecule has 0 radical (unpaired) electrons. The molecule has 0 unspecified atom stereocenters. The molecular formula is C3H10IN2+. The van der Waals surface area contributed by atoms with E-state index in [0.717, 1.165) is 11.1 Å². The van der Waals surface area contributed by atoms with Crippen LogP contribution in [-0.2, 0) is 0 Å². The molecule has 2 nitrogen and oxygen atoms in total. The van der Waals surface area contributed by atoms with Gasteiger partial charge in [0.05, 0.1) is 6.54 Å². The minimum absolute atomic E-state index is 0.205. The van der Waals surface area contributed by atoms with Crippen molar-refractivity contribution in [2.24, 2.45) is 0 Å². The molecule has 0 rings (SSSR count). The molecule has 0 aliphatic heterocycles. The lowest BCUT2D eigenvalue weighted by Crippen LogP contribution is -2.82. The normalized spacial score (nSPS) is 8.83. The van der Waals surface area contributed by atoms with E-state index in [1.54, 1.807) is 0 Å². The quantitative estimate of drug-likeness (QED) is 0.284. The standard InChI is InChI=1S/C3H9IN2/c1-2-6-3-4-5/h5-6H,2-3H2,1H3/p+1. The van der Waals surface area contributed by atoms with Gasteiger partial charge in [0.25, 0.3) is 0 Å². The van der Waals surface area contributed by atoms with Crippen LogP contribution < -0.4 is 5.32 Å². The van der Waals surface area contributed by atoms with E-state index in [0.29, 0.717) is 0 Å². The van der Waals surface area contributed by atoms with E-state index in [9.17, 15) is 0 Å². The first-order valence-electron chi connectivity index (χ1n) is 1.98. The van der Waals surface area contributed by atoms with E-state index >= 15 is 0 Å². The van der Waals surface area contributed by atoms with Crippen molar-refractivity contribution in [1.82, 2.24) is 0 Å². The number of alkyl halides is 1. The topological polar surface area (TPSA) is 40.5 Å². The van der Waals surface area contributed by atoms with Crippen molar-refractivity contribution in [2.45, 2.75) is 6.92 Å². The first-order chi connectivity index (χ1) is 2.91. The summed E-state index contributed by atoms with van der Waals surface area (Å²) in [4.78, 5) is 0. The zero-order chi connectivity index (χ0) is 4.83. The first-order valence-corrected chi connectivity index (χ1v) is 4.58. The third-order valence-electron chi connectivity index (χ3n) is 0.475. The average molecular weight is 201 g/mol.